The molecule has 1 saturated heterocycles. The Morgan fingerprint density at radius 3 is 2.82 bits per heavy atom. The molecule has 3 heteroatoms. The van der Waals surface area contributed by atoms with Crippen LogP contribution in [0.4, 0.5) is 0 Å². The van der Waals surface area contributed by atoms with E-state index < -0.39 is 0 Å². The van der Waals surface area contributed by atoms with Crippen LogP contribution in [0.1, 0.15) is 24.0 Å². The molecule has 0 atom stereocenters. The van der Waals surface area contributed by atoms with E-state index in [1.165, 1.54) is 40.8 Å². The van der Waals surface area contributed by atoms with Gasteiger partial charge in [0.1, 0.15) is 0 Å². The van der Waals surface area contributed by atoms with Gasteiger partial charge in [-0.05, 0) is 72.3 Å². The summed E-state index contributed by atoms with van der Waals surface area (Å²) >= 11 is 6.21. The molecule has 2 nitrogen and oxygen atoms in total. The summed E-state index contributed by atoms with van der Waals surface area (Å²) in [7, 11) is 0. The Morgan fingerprint density at radius 1 is 1.09 bits per heavy atom. The Labute approximate surface area is 136 Å². The Balaban J connectivity index is 1.91. The standard InChI is InChI=1S/C19H19ClN2/c20-16-5-6-17-15(12-16)4-3-14-2-1-9-22-19(14)18(17)13-7-10-21-11-8-13/h1-6,9,12-13,21-22H,7-8,10-11H2. The van der Waals surface area contributed by atoms with E-state index in [4.69, 9.17) is 11.6 Å². The summed E-state index contributed by atoms with van der Waals surface area (Å²) in [5.74, 6) is 0.582. The van der Waals surface area contributed by atoms with Crippen LogP contribution in [0.25, 0.3) is 11.6 Å². The summed E-state index contributed by atoms with van der Waals surface area (Å²) in [5.41, 5.74) is 6.48. The van der Waals surface area contributed by atoms with E-state index in [2.05, 4.69) is 47.1 Å². The largest absolute Gasteiger partial charge is 0.361 e. The summed E-state index contributed by atoms with van der Waals surface area (Å²) in [6.45, 7) is 2.18. The van der Waals surface area contributed by atoms with Gasteiger partial charge in [-0.25, -0.2) is 0 Å². The summed E-state index contributed by atoms with van der Waals surface area (Å²) in [4.78, 5) is 0. The number of hydrogen-bond donors (Lipinski definition) is 2. The molecule has 0 radical (unpaired) electrons. The van der Waals surface area contributed by atoms with Crippen LogP contribution < -0.4 is 10.6 Å². The van der Waals surface area contributed by atoms with Gasteiger partial charge in [0.2, 0.25) is 0 Å². The van der Waals surface area contributed by atoms with E-state index >= 15 is 0 Å². The normalized spacial score (nSPS) is 20.9. The van der Waals surface area contributed by atoms with Crippen molar-refractivity contribution in [3.63, 3.8) is 0 Å². The zero-order chi connectivity index (χ0) is 14.9. The lowest BCUT2D eigenvalue weighted by molar-refractivity contribution is 0.445. The Bertz CT molecular complexity index is 719. The van der Waals surface area contributed by atoms with Crippen molar-refractivity contribution in [3.05, 3.63) is 70.0 Å². The molecule has 22 heavy (non-hydrogen) atoms. The van der Waals surface area contributed by atoms with E-state index in [0.29, 0.717) is 5.92 Å². The van der Waals surface area contributed by atoms with Gasteiger partial charge in [0.05, 0.1) is 0 Å². The van der Waals surface area contributed by atoms with E-state index in [1.54, 1.807) is 0 Å². The second kappa shape index (κ2) is 5.79. The number of piperidine rings is 1. The van der Waals surface area contributed by atoms with Gasteiger partial charge in [0.15, 0.2) is 0 Å². The van der Waals surface area contributed by atoms with Crippen molar-refractivity contribution in [2.45, 2.75) is 12.8 Å². The Hall–Kier alpha value is -1.77. The maximum atomic E-state index is 6.21. The molecule has 0 bridgehead atoms. The summed E-state index contributed by atoms with van der Waals surface area (Å²) < 4.78 is 0. The van der Waals surface area contributed by atoms with Gasteiger partial charge in [-0.2, -0.15) is 0 Å². The van der Waals surface area contributed by atoms with Crippen LogP contribution in [0.5, 0.6) is 0 Å². The van der Waals surface area contributed by atoms with Gasteiger partial charge < -0.3 is 10.6 Å². The number of dihydropyridines is 1. The molecule has 0 aromatic heterocycles. The highest BCUT2D eigenvalue weighted by Gasteiger charge is 2.26. The van der Waals surface area contributed by atoms with Gasteiger partial charge in [-0.1, -0.05) is 35.9 Å². The summed E-state index contributed by atoms with van der Waals surface area (Å²) in [6, 6.07) is 6.25. The molecule has 1 aromatic rings. The molecule has 0 saturated carbocycles. The lowest BCUT2D eigenvalue weighted by Gasteiger charge is -2.29. The topological polar surface area (TPSA) is 24.1 Å². The van der Waals surface area contributed by atoms with Gasteiger partial charge in [0, 0.05) is 16.9 Å². The number of halogens is 1. The fourth-order valence-corrected chi connectivity index (χ4v) is 3.77. The first-order valence-electron chi connectivity index (χ1n) is 7.89. The van der Waals surface area contributed by atoms with Crippen LogP contribution in [0.3, 0.4) is 0 Å². The van der Waals surface area contributed by atoms with Gasteiger partial charge in [0.25, 0.3) is 0 Å². The first kappa shape index (κ1) is 13.9. The number of benzene rings is 1. The fourth-order valence-electron chi connectivity index (χ4n) is 3.59. The Kier molecular flexibility index (Phi) is 3.65. The zero-order valence-electron chi connectivity index (χ0n) is 12.4. The molecule has 1 fully saturated rings. The minimum atomic E-state index is 0.582. The molecule has 2 heterocycles. The van der Waals surface area contributed by atoms with E-state index in [0.717, 1.165) is 18.1 Å². The van der Waals surface area contributed by atoms with Crippen molar-refractivity contribution in [2.24, 2.45) is 5.92 Å². The third-order valence-corrected chi connectivity index (χ3v) is 4.89. The van der Waals surface area contributed by atoms with E-state index in [9.17, 15) is 0 Å². The molecule has 0 amide bonds. The second-order valence-electron chi connectivity index (χ2n) is 6.00. The average Bonchev–Trinajstić information content (AvgIpc) is 2.72. The first-order chi connectivity index (χ1) is 10.8. The lowest BCUT2D eigenvalue weighted by atomic mass is 9.82. The average molecular weight is 311 g/mol. The number of rotatable bonds is 1. The molecule has 0 unspecified atom stereocenters. The first-order valence-corrected chi connectivity index (χ1v) is 8.27. The number of allylic oxidation sites excluding steroid dienone is 4. The minimum Gasteiger partial charge on any atom is -0.361 e. The predicted molar refractivity (Wildman–Crippen MR) is 93.4 cm³/mol. The van der Waals surface area contributed by atoms with Crippen LogP contribution in [0, 0.1) is 5.92 Å². The highest BCUT2D eigenvalue weighted by Crippen LogP contribution is 2.40. The molecular weight excluding hydrogens is 292 g/mol. The molecule has 0 spiro atoms. The highest BCUT2D eigenvalue weighted by atomic mass is 35.5. The lowest BCUT2D eigenvalue weighted by Crippen LogP contribution is -2.29. The van der Waals surface area contributed by atoms with Crippen molar-refractivity contribution in [3.8, 4) is 0 Å². The fraction of sp³-hybridized carbons (Fsp3) is 0.263. The summed E-state index contributed by atoms with van der Waals surface area (Å²) in [5, 5.41) is 7.75. The van der Waals surface area contributed by atoms with Crippen LogP contribution in [-0.2, 0) is 0 Å². The molecule has 2 aliphatic heterocycles. The maximum Gasteiger partial charge on any atom is 0.0495 e. The third-order valence-electron chi connectivity index (χ3n) is 4.65. The SMILES string of the molecule is Clc1ccc2c(c1)C=CC1=CC=CNC1=C2C1CCNCC1. The number of hydrogen-bond acceptors (Lipinski definition) is 2. The van der Waals surface area contributed by atoms with Crippen molar-refractivity contribution in [2.75, 3.05) is 13.1 Å². The quantitative estimate of drug-likeness (QED) is 0.815. The smallest absolute Gasteiger partial charge is 0.0495 e. The van der Waals surface area contributed by atoms with Crippen molar-refractivity contribution in [1.29, 1.82) is 0 Å². The molecule has 4 rings (SSSR count). The maximum absolute atomic E-state index is 6.21. The second-order valence-corrected chi connectivity index (χ2v) is 6.44. The molecule has 1 aromatic carbocycles. The van der Waals surface area contributed by atoms with Crippen LogP contribution >= 0.6 is 11.6 Å². The number of nitrogens with one attached hydrogen (secondary N) is 2. The van der Waals surface area contributed by atoms with Crippen molar-refractivity contribution in [1.82, 2.24) is 10.6 Å². The van der Waals surface area contributed by atoms with E-state index in [-0.39, 0.29) is 0 Å². The Morgan fingerprint density at radius 2 is 1.95 bits per heavy atom. The third kappa shape index (κ3) is 2.43. The monoisotopic (exact) mass is 310 g/mol. The van der Waals surface area contributed by atoms with Gasteiger partial charge in [-0.3, -0.25) is 0 Å². The highest BCUT2D eigenvalue weighted by molar-refractivity contribution is 6.30. The van der Waals surface area contributed by atoms with Crippen LogP contribution in [-0.4, -0.2) is 13.1 Å². The van der Waals surface area contributed by atoms with Crippen LogP contribution in [0.15, 0.2) is 53.9 Å². The zero-order valence-corrected chi connectivity index (χ0v) is 13.2. The molecule has 112 valence electrons. The molecule has 2 N–H and O–H groups in total. The molecule has 3 aliphatic rings. The summed E-state index contributed by atoms with van der Waals surface area (Å²) in [6.07, 6.45) is 13.0. The predicted octanol–water partition coefficient (Wildman–Crippen LogP) is 4.12. The van der Waals surface area contributed by atoms with E-state index in [1.807, 2.05) is 12.3 Å². The van der Waals surface area contributed by atoms with Gasteiger partial charge in [-0.15, -0.1) is 0 Å². The minimum absolute atomic E-state index is 0.582. The van der Waals surface area contributed by atoms with Crippen molar-refractivity contribution >= 4 is 23.3 Å². The van der Waals surface area contributed by atoms with Gasteiger partial charge >= 0.3 is 0 Å². The van der Waals surface area contributed by atoms with Crippen LogP contribution in [0.2, 0.25) is 5.02 Å². The molecular formula is C19H19ClN2. The van der Waals surface area contributed by atoms with Crippen molar-refractivity contribution < 1.29 is 0 Å². The number of fused-ring (bicyclic) bond motifs is 2. The molecule has 1 aliphatic carbocycles.